The van der Waals surface area contributed by atoms with Gasteiger partial charge in [0.15, 0.2) is 0 Å². The molecule has 0 heterocycles. The van der Waals surface area contributed by atoms with Gasteiger partial charge in [0.1, 0.15) is 0 Å². The predicted octanol–water partition coefficient (Wildman–Crippen LogP) is 1.92. The number of hydrogen-bond donors (Lipinski definition) is 1. The smallest absolute Gasteiger partial charge is 0.243 e. The number of anilines is 1. The molecule has 0 atom stereocenters. The highest BCUT2D eigenvalue weighted by molar-refractivity contribution is 7.89. The molecule has 1 saturated carbocycles. The molecule has 1 aliphatic rings. The molecular weight excluding hydrogens is 248 g/mol. The van der Waals surface area contributed by atoms with Crippen molar-refractivity contribution in [2.24, 2.45) is 5.92 Å². The van der Waals surface area contributed by atoms with E-state index in [1.807, 2.05) is 6.92 Å². The Morgan fingerprint density at radius 2 is 1.94 bits per heavy atom. The van der Waals surface area contributed by atoms with Gasteiger partial charge < -0.3 is 5.73 Å². The van der Waals surface area contributed by atoms with E-state index in [1.54, 1.807) is 26.1 Å². The quantitative estimate of drug-likeness (QED) is 0.848. The molecule has 100 valence electrons. The highest BCUT2D eigenvalue weighted by Crippen LogP contribution is 2.32. The first-order valence-corrected chi connectivity index (χ1v) is 7.59. The van der Waals surface area contributed by atoms with Crippen molar-refractivity contribution in [3.63, 3.8) is 0 Å². The standard InChI is InChI=1S/C13H20N2O2S/c1-9-6-12(14)10(2)13(7-9)18(16,17)15(3)8-11-4-5-11/h6-7,11H,4-5,8,14H2,1-3H3. The van der Waals surface area contributed by atoms with Gasteiger partial charge in [-0.2, -0.15) is 0 Å². The number of benzene rings is 1. The van der Waals surface area contributed by atoms with Crippen molar-refractivity contribution in [1.29, 1.82) is 0 Å². The second kappa shape index (κ2) is 4.55. The molecule has 1 aliphatic carbocycles. The highest BCUT2D eigenvalue weighted by atomic mass is 32.2. The lowest BCUT2D eigenvalue weighted by molar-refractivity contribution is 0.452. The molecule has 0 radical (unpaired) electrons. The first-order chi connectivity index (χ1) is 8.32. The summed E-state index contributed by atoms with van der Waals surface area (Å²) in [5, 5.41) is 0. The Balaban J connectivity index is 2.39. The second-order valence-electron chi connectivity index (χ2n) is 5.21. The molecule has 18 heavy (non-hydrogen) atoms. The molecule has 0 aromatic heterocycles. The first kappa shape index (κ1) is 13.4. The van der Waals surface area contributed by atoms with Crippen molar-refractivity contribution in [3.05, 3.63) is 23.3 Å². The molecule has 0 saturated heterocycles. The molecule has 1 fully saturated rings. The summed E-state index contributed by atoms with van der Waals surface area (Å²) in [5.74, 6) is 0.534. The van der Waals surface area contributed by atoms with Crippen LogP contribution in [0.2, 0.25) is 0 Å². The predicted molar refractivity (Wildman–Crippen MR) is 72.9 cm³/mol. The minimum atomic E-state index is -3.42. The van der Waals surface area contributed by atoms with Crippen LogP contribution < -0.4 is 5.73 Å². The first-order valence-electron chi connectivity index (χ1n) is 6.15. The Kier molecular flexibility index (Phi) is 3.38. The zero-order valence-corrected chi connectivity index (χ0v) is 11.9. The van der Waals surface area contributed by atoms with Crippen LogP contribution in [0.1, 0.15) is 24.0 Å². The molecule has 5 heteroatoms. The van der Waals surface area contributed by atoms with E-state index in [1.165, 1.54) is 4.31 Å². The fourth-order valence-electron chi connectivity index (χ4n) is 2.05. The van der Waals surface area contributed by atoms with Gasteiger partial charge >= 0.3 is 0 Å². The molecule has 0 spiro atoms. The Bertz CT molecular complexity index is 563. The minimum Gasteiger partial charge on any atom is -0.398 e. The van der Waals surface area contributed by atoms with Crippen LogP contribution >= 0.6 is 0 Å². The van der Waals surface area contributed by atoms with Crippen LogP contribution in [0.25, 0.3) is 0 Å². The SMILES string of the molecule is Cc1cc(N)c(C)c(S(=O)(=O)N(C)CC2CC2)c1. The number of hydrogen-bond acceptors (Lipinski definition) is 3. The number of nitrogens with zero attached hydrogens (tertiary/aromatic N) is 1. The third kappa shape index (κ3) is 2.52. The summed E-state index contributed by atoms with van der Waals surface area (Å²) in [5.41, 5.74) is 7.90. The summed E-state index contributed by atoms with van der Waals surface area (Å²) in [6, 6.07) is 3.50. The van der Waals surface area contributed by atoms with E-state index in [0.717, 1.165) is 18.4 Å². The summed E-state index contributed by atoms with van der Waals surface area (Å²) in [7, 11) is -1.77. The topological polar surface area (TPSA) is 63.4 Å². The molecule has 2 N–H and O–H groups in total. The number of rotatable bonds is 4. The lowest BCUT2D eigenvalue weighted by Crippen LogP contribution is -2.29. The normalized spacial score (nSPS) is 16.2. The van der Waals surface area contributed by atoms with Gasteiger partial charge in [0.05, 0.1) is 4.90 Å². The van der Waals surface area contributed by atoms with E-state index >= 15 is 0 Å². The van der Waals surface area contributed by atoms with Gasteiger partial charge in [0.25, 0.3) is 0 Å². The summed E-state index contributed by atoms with van der Waals surface area (Å²) >= 11 is 0. The van der Waals surface area contributed by atoms with Gasteiger partial charge in [0, 0.05) is 19.3 Å². The van der Waals surface area contributed by atoms with Crippen molar-refractivity contribution in [2.45, 2.75) is 31.6 Å². The van der Waals surface area contributed by atoms with Gasteiger partial charge in [0.2, 0.25) is 10.0 Å². The van der Waals surface area contributed by atoms with E-state index in [-0.39, 0.29) is 0 Å². The summed E-state index contributed by atoms with van der Waals surface area (Å²) in [6.07, 6.45) is 2.27. The van der Waals surface area contributed by atoms with Crippen molar-refractivity contribution in [3.8, 4) is 0 Å². The summed E-state index contributed by atoms with van der Waals surface area (Å²) in [6.45, 7) is 4.22. The molecule has 1 aromatic carbocycles. The maximum absolute atomic E-state index is 12.5. The lowest BCUT2D eigenvalue weighted by atomic mass is 10.1. The van der Waals surface area contributed by atoms with Crippen LogP contribution in [0.4, 0.5) is 5.69 Å². The monoisotopic (exact) mass is 268 g/mol. The fraction of sp³-hybridized carbons (Fsp3) is 0.538. The zero-order chi connectivity index (χ0) is 13.5. The van der Waals surface area contributed by atoms with Gasteiger partial charge in [-0.25, -0.2) is 12.7 Å². The fourth-order valence-corrected chi connectivity index (χ4v) is 3.63. The van der Waals surface area contributed by atoms with E-state index in [9.17, 15) is 8.42 Å². The van der Waals surface area contributed by atoms with E-state index in [4.69, 9.17) is 5.73 Å². The third-order valence-corrected chi connectivity index (χ3v) is 5.39. The van der Waals surface area contributed by atoms with Gasteiger partial charge in [-0.05, 0) is 55.9 Å². The number of nitrogens with two attached hydrogens (primary N) is 1. The second-order valence-corrected chi connectivity index (χ2v) is 7.22. The van der Waals surface area contributed by atoms with E-state index in [2.05, 4.69) is 0 Å². The van der Waals surface area contributed by atoms with Crippen LogP contribution in [-0.4, -0.2) is 26.3 Å². The molecule has 0 amide bonds. The molecule has 2 rings (SSSR count). The Labute approximate surface area is 109 Å². The number of nitrogen functional groups attached to an aromatic ring is 1. The maximum atomic E-state index is 12.5. The largest absolute Gasteiger partial charge is 0.398 e. The van der Waals surface area contributed by atoms with Crippen LogP contribution in [0.15, 0.2) is 17.0 Å². The molecule has 0 unspecified atom stereocenters. The van der Waals surface area contributed by atoms with Crippen molar-refractivity contribution in [1.82, 2.24) is 4.31 Å². The molecular formula is C13H20N2O2S. The Hall–Kier alpha value is -1.07. The number of sulfonamides is 1. The summed E-state index contributed by atoms with van der Waals surface area (Å²) in [4.78, 5) is 0.336. The maximum Gasteiger partial charge on any atom is 0.243 e. The van der Waals surface area contributed by atoms with Crippen molar-refractivity contribution >= 4 is 15.7 Å². The average Bonchev–Trinajstić information content (AvgIpc) is 3.06. The zero-order valence-electron chi connectivity index (χ0n) is 11.1. The van der Waals surface area contributed by atoms with Gasteiger partial charge in [-0.1, -0.05) is 0 Å². The van der Waals surface area contributed by atoms with Crippen LogP contribution in [-0.2, 0) is 10.0 Å². The number of aryl methyl sites for hydroxylation is 1. The molecule has 0 aliphatic heterocycles. The van der Waals surface area contributed by atoms with Crippen LogP contribution in [0, 0.1) is 19.8 Å². The van der Waals surface area contributed by atoms with Crippen molar-refractivity contribution < 1.29 is 8.42 Å². The van der Waals surface area contributed by atoms with E-state index in [0.29, 0.717) is 28.6 Å². The van der Waals surface area contributed by atoms with Crippen LogP contribution in [0.5, 0.6) is 0 Å². The van der Waals surface area contributed by atoms with Crippen molar-refractivity contribution in [2.75, 3.05) is 19.3 Å². The third-order valence-electron chi connectivity index (χ3n) is 3.45. The average molecular weight is 268 g/mol. The Morgan fingerprint density at radius 1 is 1.33 bits per heavy atom. The minimum absolute atomic E-state index is 0.336. The van der Waals surface area contributed by atoms with E-state index < -0.39 is 10.0 Å². The Morgan fingerprint density at radius 3 is 2.50 bits per heavy atom. The van der Waals surface area contributed by atoms with Gasteiger partial charge in [-0.15, -0.1) is 0 Å². The summed E-state index contributed by atoms with van der Waals surface area (Å²) < 4.78 is 26.4. The molecule has 1 aromatic rings. The lowest BCUT2D eigenvalue weighted by Gasteiger charge is -2.19. The molecule has 4 nitrogen and oxygen atoms in total. The molecule has 0 bridgehead atoms. The van der Waals surface area contributed by atoms with Crippen LogP contribution in [0.3, 0.4) is 0 Å². The highest BCUT2D eigenvalue weighted by Gasteiger charge is 2.30. The van der Waals surface area contributed by atoms with Gasteiger partial charge in [-0.3, -0.25) is 0 Å².